The number of benzene rings is 1. The second kappa shape index (κ2) is 10.5. The summed E-state index contributed by atoms with van der Waals surface area (Å²) in [6, 6.07) is 6.45. The Morgan fingerprint density at radius 3 is 2.75 bits per heavy atom. The number of nitrogens with two attached hydrogens (primary N) is 2. The summed E-state index contributed by atoms with van der Waals surface area (Å²) in [5.41, 5.74) is 13.0. The molecule has 3 heterocycles. The largest absolute Gasteiger partial charge is 0.488 e. The topological polar surface area (TPSA) is 128 Å². The molecule has 36 heavy (non-hydrogen) atoms. The molecule has 8 nitrogen and oxygen atoms in total. The monoisotopic (exact) mass is 497 g/mol. The SMILES string of the molecule is CC(C)Oc1ccc(F)c(-c2ccc(N)c(C(=O)Cc3cnccc3N3CC[C@@H](O)[C@H](N)C3)n2)c1F. The third-order valence-corrected chi connectivity index (χ3v) is 6.05. The molecule has 5 N–H and O–H groups in total. The summed E-state index contributed by atoms with van der Waals surface area (Å²) < 4.78 is 35.2. The van der Waals surface area contributed by atoms with Gasteiger partial charge in [0, 0.05) is 49.2 Å². The lowest BCUT2D eigenvalue weighted by atomic mass is 9.99. The van der Waals surface area contributed by atoms with E-state index in [-0.39, 0.29) is 35.3 Å². The summed E-state index contributed by atoms with van der Waals surface area (Å²) in [4.78, 5) is 23.7. The number of aromatic nitrogens is 2. The number of rotatable bonds is 7. The van der Waals surface area contributed by atoms with E-state index in [0.29, 0.717) is 25.1 Å². The van der Waals surface area contributed by atoms with Crippen LogP contribution in [0.3, 0.4) is 0 Å². The van der Waals surface area contributed by atoms with Crippen LogP contribution in [0.1, 0.15) is 36.3 Å². The van der Waals surface area contributed by atoms with Crippen molar-refractivity contribution in [2.45, 2.75) is 44.9 Å². The zero-order chi connectivity index (χ0) is 26.0. The average Bonchev–Trinajstić information content (AvgIpc) is 2.84. The Bertz CT molecular complexity index is 1270. The molecule has 1 fully saturated rings. The van der Waals surface area contributed by atoms with Crippen molar-refractivity contribution in [3.8, 4) is 17.0 Å². The number of nitrogens with zero attached hydrogens (tertiary/aromatic N) is 3. The third-order valence-electron chi connectivity index (χ3n) is 6.05. The van der Waals surface area contributed by atoms with Crippen LogP contribution in [0.5, 0.6) is 5.75 Å². The Labute approximate surface area is 207 Å². The van der Waals surface area contributed by atoms with Crippen LogP contribution < -0.4 is 21.1 Å². The summed E-state index contributed by atoms with van der Waals surface area (Å²) in [7, 11) is 0. The fourth-order valence-electron chi connectivity index (χ4n) is 4.26. The van der Waals surface area contributed by atoms with Crippen LogP contribution in [0.25, 0.3) is 11.3 Å². The molecular weight excluding hydrogens is 468 g/mol. The number of hydrogen-bond donors (Lipinski definition) is 3. The Morgan fingerprint density at radius 2 is 2.03 bits per heavy atom. The predicted octanol–water partition coefficient (Wildman–Crippen LogP) is 3.11. The van der Waals surface area contributed by atoms with E-state index in [1.807, 2.05) is 4.90 Å². The van der Waals surface area contributed by atoms with Crippen molar-refractivity contribution in [2.24, 2.45) is 5.73 Å². The first-order chi connectivity index (χ1) is 17.2. The Morgan fingerprint density at radius 1 is 1.25 bits per heavy atom. The van der Waals surface area contributed by atoms with E-state index in [0.717, 1.165) is 11.8 Å². The van der Waals surface area contributed by atoms with Crippen LogP contribution in [0, 0.1) is 11.6 Å². The second-order valence-electron chi connectivity index (χ2n) is 9.11. The third kappa shape index (κ3) is 5.29. The highest BCUT2D eigenvalue weighted by Gasteiger charge is 2.27. The molecule has 10 heteroatoms. The number of nitrogen functional groups attached to an aromatic ring is 1. The molecule has 1 saturated heterocycles. The quantitative estimate of drug-likeness (QED) is 0.425. The van der Waals surface area contributed by atoms with Crippen molar-refractivity contribution in [1.82, 2.24) is 9.97 Å². The van der Waals surface area contributed by atoms with Gasteiger partial charge in [-0.15, -0.1) is 0 Å². The Balaban J connectivity index is 1.65. The minimum atomic E-state index is -0.905. The van der Waals surface area contributed by atoms with Crippen LogP contribution in [0.4, 0.5) is 20.2 Å². The van der Waals surface area contributed by atoms with Crippen molar-refractivity contribution in [2.75, 3.05) is 23.7 Å². The molecule has 0 unspecified atom stereocenters. The van der Waals surface area contributed by atoms with Crippen LogP contribution in [-0.2, 0) is 6.42 Å². The summed E-state index contributed by atoms with van der Waals surface area (Å²) in [5.74, 6) is -2.28. The molecule has 0 bridgehead atoms. The van der Waals surface area contributed by atoms with Gasteiger partial charge < -0.3 is 26.2 Å². The number of hydrogen-bond acceptors (Lipinski definition) is 8. The summed E-state index contributed by atoms with van der Waals surface area (Å²) >= 11 is 0. The van der Waals surface area contributed by atoms with Gasteiger partial charge in [-0.3, -0.25) is 9.78 Å². The maximum absolute atomic E-state index is 15.1. The standard InChI is InChI=1S/C26H29F2N5O3/c1-14(2)36-23-6-3-16(27)24(25(23)28)19-5-4-17(29)26(32-19)22(35)11-15-12-31-9-7-20(15)33-10-8-21(34)18(30)13-33/h3-7,9,12,14,18,21,34H,8,10-11,13,29-30H2,1-2H3/t18-,21-/m1/s1. The molecule has 0 amide bonds. The van der Waals surface area contributed by atoms with Crippen molar-refractivity contribution in [3.05, 3.63) is 65.6 Å². The van der Waals surface area contributed by atoms with Gasteiger partial charge in [0.1, 0.15) is 11.5 Å². The first kappa shape index (κ1) is 25.5. The molecule has 3 aromatic rings. The van der Waals surface area contributed by atoms with Crippen LogP contribution in [-0.4, -0.2) is 52.2 Å². The van der Waals surface area contributed by atoms with E-state index in [4.69, 9.17) is 16.2 Å². The highest BCUT2D eigenvalue weighted by molar-refractivity contribution is 6.01. The van der Waals surface area contributed by atoms with Gasteiger partial charge in [0.25, 0.3) is 0 Å². The maximum Gasteiger partial charge on any atom is 0.187 e. The molecule has 190 valence electrons. The molecule has 2 aromatic heterocycles. The normalized spacial score (nSPS) is 17.9. The molecule has 0 spiro atoms. The van der Waals surface area contributed by atoms with Gasteiger partial charge >= 0.3 is 0 Å². The van der Waals surface area contributed by atoms with Gasteiger partial charge in [-0.1, -0.05) is 0 Å². The highest BCUT2D eigenvalue weighted by Crippen LogP contribution is 2.33. The number of halogens is 2. The molecule has 2 atom stereocenters. The Hall–Kier alpha value is -3.63. The van der Waals surface area contributed by atoms with Gasteiger partial charge in [-0.05, 0) is 50.6 Å². The van der Waals surface area contributed by atoms with Crippen molar-refractivity contribution in [1.29, 1.82) is 0 Å². The minimum Gasteiger partial charge on any atom is -0.488 e. The number of aliphatic hydroxyl groups is 1. The number of ketones is 1. The fraction of sp³-hybridized carbons (Fsp3) is 0.346. The molecule has 0 aliphatic carbocycles. The molecule has 1 aliphatic heterocycles. The number of piperidine rings is 1. The number of ether oxygens (including phenoxy) is 1. The number of aliphatic hydroxyl groups excluding tert-OH is 1. The van der Waals surface area contributed by atoms with Crippen molar-refractivity contribution >= 4 is 17.2 Å². The predicted molar refractivity (Wildman–Crippen MR) is 133 cm³/mol. The van der Waals surface area contributed by atoms with Gasteiger partial charge in [0.05, 0.1) is 29.2 Å². The second-order valence-corrected chi connectivity index (χ2v) is 9.11. The summed E-state index contributed by atoms with van der Waals surface area (Å²) in [5, 5.41) is 9.95. The first-order valence-corrected chi connectivity index (χ1v) is 11.7. The van der Waals surface area contributed by atoms with Crippen LogP contribution in [0.15, 0.2) is 42.7 Å². The molecular formula is C26H29F2N5O3. The molecule has 1 aliphatic rings. The number of anilines is 2. The van der Waals surface area contributed by atoms with Gasteiger partial charge in [-0.25, -0.2) is 13.8 Å². The summed E-state index contributed by atoms with van der Waals surface area (Å²) in [6.45, 7) is 4.46. The van der Waals surface area contributed by atoms with E-state index < -0.39 is 35.1 Å². The first-order valence-electron chi connectivity index (χ1n) is 11.7. The van der Waals surface area contributed by atoms with Crippen molar-refractivity contribution in [3.63, 3.8) is 0 Å². The lowest BCUT2D eigenvalue weighted by Crippen LogP contribution is -2.51. The number of Topliss-reactive ketones (excluding diaryl/α,β-unsaturated/α-hetero) is 1. The minimum absolute atomic E-state index is 0.0702. The lowest BCUT2D eigenvalue weighted by molar-refractivity contribution is 0.0988. The molecule has 4 rings (SSSR count). The fourth-order valence-corrected chi connectivity index (χ4v) is 4.26. The van der Waals surface area contributed by atoms with Crippen molar-refractivity contribution < 1.29 is 23.4 Å². The van der Waals surface area contributed by atoms with Gasteiger partial charge in [0.15, 0.2) is 17.3 Å². The van der Waals surface area contributed by atoms with E-state index in [1.165, 1.54) is 18.2 Å². The molecule has 0 saturated carbocycles. The van der Waals surface area contributed by atoms with Gasteiger partial charge in [-0.2, -0.15) is 0 Å². The zero-order valence-electron chi connectivity index (χ0n) is 20.1. The molecule has 0 radical (unpaired) electrons. The average molecular weight is 498 g/mol. The number of pyridine rings is 2. The van der Waals surface area contributed by atoms with E-state index in [1.54, 1.807) is 32.3 Å². The van der Waals surface area contributed by atoms with Gasteiger partial charge in [0.2, 0.25) is 0 Å². The van der Waals surface area contributed by atoms with Crippen LogP contribution >= 0.6 is 0 Å². The zero-order valence-corrected chi connectivity index (χ0v) is 20.1. The lowest BCUT2D eigenvalue weighted by Gasteiger charge is -2.36. The van der Waals surface area contributed by atoms with Crippen LogP contribution in [0.2, 0.25) is 0 Å². The van der Waals surface area contributed by atoms with E-state index in [2.05, 4.69) is 9.97 Å². The number of carbonyl (C=O) groups is 1. The summed E-state index contributed by atoms with van der Waals surface area (Å²) in [6.07, 6.45) is 2.72. The smallest absolute Gasteiger partial charge is 0.187 e. The highest BCUT2D eigenvalue weighted by atomic mass is 19.1. The number of carbonyl (C=O) groups excluding carboxylic acids is 1. The Kier molecular flexibility index (Phi) is 7.46. The molecule has 1 aromatic carbocycles. The van der Waals surface area contributed by atoms with E-state index in [9.17, 15) is 14.3 Å². The van der Waals surface area contributed by atoms with E-state index >= 15 is 4.39 Å². The maximum atomic E-state index is 15.1.